The van der Waals surface area contributed by atoms with E-state index in [-0.39, 0.29) is 16.4 Å². The summed E-state index contributed by atoms with van der Waals surface area (Å²) in [6.45, 7) is 3.72. The molecule has 2 heterocycles. The molecular formula is C22H25N5O3S. The molecule has 0 aliphatic carbocycles. The molecule has 0 aromatic heterocycles. The highest BCUT2D eigenvalue weighted by atomic mass is 32.1. The highest BCUT2D eigenvalue weighted by Gasteiger charge is 2.24. The van der Waals surface area contributed by atoms with E-state index in [0.717, 1.165) is 44.7 Å². The standard InChI is InChI=1S/C22H25N5O3S/c28-21(16-5-10-19(20(15-16)27(29)30)26-13-3-4-14-26)24-22(31)23-17-6-8-18(9-7-17)25-11-1-2-12-25/h5-10,15H,1-4,11-14H2,(H2,23,24,28,31). The van der Waals surface area contributed by atoms with Crippen molar-refractivity contribution in [3.05, 3.63) is 58.1 Å². The Morgan fingerprint density at radius 2 is 1.55 bits per heavy atom. The Balaban J connectivity index is 1.39. The Hall–Kier alpha value is -3.20. The van der Waals surface area contributed by atoms with Crippen LogP contribution in [0, 0.1) is 10.1 Å². The van der Waals surface area contributed by atoms with E-state index in [1.165, 1.54) is 24.6 Å². The van der Waals surface area contributed by atoms with E-state index in [2.05, 4.69) is 15.5 Å². The summed E-state index contributed by atoms with van der Waals surface area (Å²) in [6.07, 6.45) is 4.46. The van der Waals surface area contributed by atoms with Crippen LogP contribution in [0.3, 0.4) is 0 Å². The molecule has 0 atom stereocenters. The van der Waals surface area contributed by atoms with Gasteiger partial charge in [-0.2, -0.15) is 0 Å². The van der Waals surface area contributed by atoms with Gasteiger partial charge >= 0.3 is 0 Å². The lowest BCUT2D eigenvalue weighted by Crippen LogP contribution is -2.34. The van der Waals surface area contributed by atoms with Gasteiger partial charge in [0.25, 0.3) is 11.6 Å². The van der Waals surface area contributed by atoms with Gasteiger partial charge in [-0.1, -0.05) is 0 Å². The van der Waals surface area contributed by atoms with Crippen molar-refractivity contribution >= 4 is 46.0 Å². The number of nitrogens with one attached hydrogen (secondary N) is 2. The number of hydrogen-bond donors (Lipinski definition) is 2. The molecule has 2 aliphatic rings. The van der Waals surface area contributed by atoms with E-state index in [4.69, 9.17) is 12.2 Å². The molecule has 2 aromatic carbocycles. The van der Waals surface area contributed by atoms with E-state index in [0.29, 0.717) is 5.69 Å². The molecule has 9 heteroatoms. The summed E-state index contributed by atoms with van der Waals surface area (Å²) in [5.41, 5.74) is 2.62. The Bertz CT molecular complexity index is 983. The van der Waals surface area contributed by atoms with E-state index in [1.54, 1.807) is 12.1 Å². The van der Waals surface area contributed by atoms with Crippen molar-refractivity contribution in [3.63, 3.8) is 0 Å². The predicted octanol–water partition coefficient (Wildman–Crippen LogP) is 3.92. The second-order valence-electron chi connectivity index (χ2n) is 7.80. The molecule has 0 bridgehead atoms. The quantitative estimate of drug-likeness (QED) is 0.414. The number of rotatable bonds is 5. The first-order valence-corrected chi connectivity index (χ1v) is 10.9. The molecule has 162 valence electrons. The molecule has 31 heavy (non-hydrogen) atoms. The van der Waals surface area contributed by atoms with Crippen molar-refractivity contribution in [1.82, 2.24) is 5.32 Å². The van der Waals surface area contributed by atoms with Crippen LogP contribution in [0.4, 0.5) is 22.7 Å². The van der Waals surface area contributed by atoms with E-state index < -0.39 is 10.8 Å². The van der Waals surface area contributed by atoms with E-state index >= 15 is 0 Å². The zero-order valence-corrected chi connectivity index (χ0v) is 18.0. The normalized spacial score (nSPS) is 15.7. The van der Waals surface area contributed by atoms with Crippen LogP contribution in [0.5, 0.6) is 0 Å². The summed E-state index contributed by atoms with van der Waals surface area (Å²) in [5.74, 6) is -0.484. The number of benzene rings is 2. The van der Waals surface area contributed by atoms with Gasteiger partial charge in [0.15, 0.2) is 5.11 Å². The second kappa shape index (κ2) is 9.30. The molecule has 8 nitrogen and oxygen atoms in total. The lowest BCUT2D eigenvalue weighted by atomic mass is 10.1. The van der Waals surface area contributed by atoms with Crippen molar-refractivity contribution in [2.45, 2.75) is 25.7 Å². The molecule has 0 unspecified atom stereocenters. The third-order valence-electron chi connectivity index (χ3n) is 5.70. The third-order valence-corrected chi connectivity index (χ3v) is 5.91. The van der Waals surface area contributed by atoms with Gasteiger partial charge in [0.05, 0.1) is 4.92 Å². The zero-order valence-electron chi connectivity index (χ0n) is 17.2. The van der Waals surface area contributed by atoms with Crippen LogP contribution < -0.4 is 20.4 Å². The summed E-state index contributed by atoms with van der Waals surface area (Å²) >= 11 is 5.25. The largest absolute Gasteiger partial charge is 0.372 e. The Labute approximate surface area is 186 Å². The van der Waals surface area contributed by atoms with Gasteiger partial charge in [0.2, 0.25) is 0 Å². The SMILES string of the molecule is O=C(NC(=S)Nc1ccc(N2CCCC2)cc1)c1ccc(N2CCCC2)c([N+](=O)[O-])c1. The smallest absolute Gasteiger partial charge is 0.293 e. The second-order valence-corrected chi connectivity index (χ2v) is 8.21. The van der Waals surface area contributed by atoms with Gasteiger partial charge in [0.1, 0.15) is 5.69 Å². The zero-order chi connectivity index (χ0) is 21.8. The van der Waals surface area contributed by atoms with Gasteiger partial charge < -0.3 is 15.1 Å². The highest BCUT2D eigenvalue weighted by Crippen LogP contribution is 2.31. The Kier molecular flexibility index (Phi) is 6.31. The van der Waals surface area contributed by atoms with Crippen molar-refractivity contribution in [2.24, 2.45) is 0 Å². The van der Waals surface area contributed by atoms with Crippen LogP contribution in [-0.4, -0.2) is 42.1 Å². The average Bonchev–Trinajstić information content (AvgIpc) is 3.48. The number of carbonyl (C=O) groups excluding carboxylic acids is 1. The fourth-order valence-electron chi connectivity index (χ4n) is 4.10. The van der Waals surface area contributed by atoms with Crippen LogP contribution in [0.1, 0.15) is 36.0 Å². The number of nitro groups is 1. The van der Waals surface area contributed by atoms with Crippen molar-refractivity contribution in [3.8, 4) is 0 Å². The first-order valence-electron chi connectivity index (χ1n) is 10.5. The molecule has 0 spiro atoms. The number of hydrogen-bond acceptors (Lipinski definition) is 6. The molecule has 2 aliphatic heterocycles. The lowest BCUT2D eigenvalue weighted by Gasteiger charge is -2.18. The van der Waals surface area contributed by atoms with Gasteiger partial charge in [-0.05, 0) is 74.3 Å². The summed E-state index contributed by atoms with van der Waals surface area (Å²) in [5, 5.41) is 17.3. The van der Waals surface area contributed by atoms with E-state index in [1.807, 2.05) is 29.2 Å². The van der Waals surface area contributed by atoms with Gasteiger partial charge in [-0.15, -0.1) is 0 Å². The Morgan fingerprint density at radius 1 is 0.935 bits per heavy atom. The van der Waals surface area contributed by atoms with E-state index in [9.17, 15) is 14.9 Å². The fourth-order valence-corrected chi connectivity index (χ4v) is 4.32. The molecule has 4 rings (SSSR count). The van der Waals surface area contributed by atoms with Crippen LogP contribution in [-0.2, 0) is 0 Å². The molecule has 2 N–H and O–H groups in total. The molecule has 2 aromatic rings. The Morgan fingerprint density at radius 3 is 2.16 bits per heavy atom. The van der Waals surface area contributed by atoms with Gasteiger partial charge in [0, 0.05) is 49.2 Å². The molecular weight excluding hydrogens is 414 g/mol. The van der Waals surface area contributed by atoms with Crippen LogP contribution in [0.2, 0.25) is 0 Å². The third kappa shape index (κ3) is 4.93. The summed E-state index contributed by atoms with van der Waals surface area (Å²) in [7, 11) is 0. The minimum atomic E-state index is -0.484. The minimum Gasteiger partial charge on any atom is -0.372 e. The molecule has 2 fully saturated rings. The summed E-state index contributed by atoms with van der Waals surface area (Å²) in [4.78, 5) is 28.0. The molecule has 0 saturated carbocycles. The van der Waals surface area contributed by atoms with Gasteiger partial charge in [-0.25, -0.2) is 0 Å². The fraction of sp³-hybridized carbons (Fsp3) is 0.364. The molecule has 0 radical (unpaired) electrons. The lowest BCUT2D eigenvalue weighted by molar-refractivity contribution is -0.384. The topological polar surface area (TPSA) is 90.8 Å². The number of amides is 1. The van der Waals surface area contributed by atoms with Crippen molar-refractivity contribution in [2.75, 3.05) is 41.3 Å². The van der Waals surface area contributed by atoms with Crippen LogP contribution in [0.25, 0.3) is 0 Å². The van der Waals surface area contributed by atoms with Crippen LogP contribution in [0.15, 0.2) is 42.5 Å². The highest BCUT2D eigenvalue weighted by molar-refractivity contribution is 7.80. The number of anilines is 3. The van der Waals surface area contributed by atoms with Crippen molar-refractivity contribution < 1.29 is 9.72 Å². The van der Waals surface area contributed by atoms with Crippen LogP contribution >= 0.6 is 12.2 Å². The first-order chi connectivity index (χ1) is 15.0. The molecule has 1 amide bonds. The minimum absolute atomic E-state index is 0.0640. The molecule has 2 saturated heterocycles. The number of thiocarbonyl (C=S) groups is 1. The monoisotopic (exact) mass is 439 g/mol. The average molecular weight is 440 g/mol. The number of nitrogens with zero attached hydrogens (tertiary/aromatic N) is 3. The predicted molar refractivity (Wildman–Crippen MR) is 126 cm³/mol. The first kappa shape index (κ1) is 21.0. The maximum Gasteiger partial charge on any atom is 0.293 e. The number of nitro benzene ring substituents is 1. The summed E-state index contributed by atoms with van der Waals surface area (Å²) < 4.78 is 0. The maximum atomic E-state index is 12.6. The van der Waals surface area contributed by atoms with Crippen molar-refractivity contribution in [1.29, 1.82) is 0 Å². The summed E-state index contributed by atoms with van der Waals surface area (Å²) in [6, 6.07) is 12.5. The van der Waals surface area contributed by atoms with Gasteiger partial charge in [-0.3, -0.25) is 20.2 Å². The number of carbonyl (C=O) groups is 1. The maximum absolute atomic E-state index is 12.6.